The maximum Gasteiger partial charge on any atom is 0.292 e. The highest BCUT2D eigenvalue weighted by Crippen LogP contribution is 2.25. The van der Waals surface area contributed by atoms with E-state index in [1.807, 2.05) is 60.7 Å². The van der Waals surface area contributed by atoms with Crippen molar-refractivity contribution in [3.05, 3.63) is 106 Å². The molecule has 0 saturated carbocycles. The van der Waals surface area contributed by atoms with Gasteiger partial charge in [0.2, 0.25) is 0 Å². The summed E-state index contributed by atoms with van der Waals surface area (Å²) in [5.74, 6) is 0.714. The zero-order valence-electron chi connectivity index (χ0n) is 14.9. The van der Waals surface area contributed by atoms with Crippen LogP contribution < -0.4 is 10.1 Å². The summed E-state index contributed by atoms with van der Waals surface area (Å²) in [7, 11) is 0. The highest BCUT2D eigenvalue weighted by atomic mass is 16.6. The molecule has 3 aromatic rings. The third-order valence-electron chi connectivity index (χ3n) is 3.93. The van der Waals surface area contributed by atoms with Crippen LogP contribution in [-0.2, 0) is 6.61 Å². The zero-order valence-corrected chi connectivity index (χ0v) is 14.9. The van der Waals surface area contributed by atoms with E-state index < -0.39 is 4.92 Å². The number of hydrogen-bond acceptors (Lipinski definition) is 5. The van der Waals surface area contributed by atoms with Gasteiger partial charge in [-0.05, 0) is 35.4 Å². The van der Waals surface area contributed by atoms with Crippen LogP contribution in [0, 0.1) is 21.4 Å². The van der Waals surface area contributed by atoms with E-state index in [0.29, 0.717) is 12.4 Å². The highest BCUT2D eigenvalue weighted by molar-refractivity contribution is 5.70. The summed E-state index contributed by atoms with van der Waals surface area (Å²) in [5, 5.41) is 23.3. The minimum Gasteiger partial charge on any atom is -0.489 e. The largest absolute Gasteiger partial charge is 0.489 e. The van der Waals surface area contributed by atoms with Crippen LogP contribution in [0.5, 0.6) is 5.75 Å². The molecule has 6 nitrogen and oxygen atoms in total. The Hall–Kier alpha value is -4.11. The summed E-state index contributed by atoms with van der Waals surface area (Å²) in [6, 6.07) is 25.3. The number of benzene rings is 3. The Morgan fingerprint density at radius 2 is 1.71 bits per heavy atom. The van der Waals surface area contributed by atoms with Gasteiger partial charge in [-0.3, -0.25) is 10.1 Å². The molecular formula is C22H17N3O3. The average molecular weight is 371 g/mol. The van der Waals surface area contributed by atoms with Crippen LogP contribution in [0.4, 0.5) is 11.4 Å². The first-order valence-electron chi connectivity index (χ1n) is 8.55. The molecule has 6 heteroatoms. The van der Waals surface area contributed by atoms with Gasteiger partial charge >= 0.3 is 0 Å². The van der Waals surface area contributed by atoms with E-state index in [1.54, 1.807) is 24.3 Å². The fourth-order valence-electron chi connectivity index (χ4n) is 2.55. The highest BCUT2D eigenvalue weighted by Gasteiger charge is 2.13. The number of nitrogens with zero attached hydrogens (tertiary/aromatic N) is 2. The second-order valence-electron chi connectivity index (χ2n) is 5.91. The number of nitro benzene ring substituents is 1. The summed E-state index contributed by atoms with van der Waals surface area (Å²) in [6.07, 6.45) is 1.62. The number of ether oxygens (including phenoxy) is 1. The van der Waals surface area contributed by atoms with Crippen molar-refractivity contribution < 1.29 is 9.66 Å². The second-order valence-corrected chi connectivity index (χ2v) is 5.91. The van der Waals surface area contributed by atoms with Gasteiger partial charge in [0, 0.05) is 6.07 Å². The molecule has 0 radical (unpaired) electrons. The van der Waals surface area contributed by atoms with Crippen molar-refractivity contribution >= 4 is 17.5 Å². The number of anilines is 1. The van der Waals surface area contributed by atoms with Crippen LogP contribution in [-0.4, -0.2) is 4.92 Å². The number of nitrogens with one attached hydrogen (secondary N) is 1. The van der Waals surface area contributed by atoms with Gasteiger partial charge in [-0.15, -0.1) is 0 Å². The monoisotopic (exact) mass is 371 g/mol. The molecule has 0 heterocycles. The fraction of sp³-hybridized carbons (Fsp3) is 0.0455. The predicted molar refractivity (Wildman–Crippen MR) is 108 cm³/mol. The molecule has 0 atom stereocenters. The molecular weight excluding hydrogens is 354 g/mol. The molecule has 0 saturated heterocycles. The van der Waals surface area contributed by atoms with Crippen molar-refractivity contribution in [1.29, 1.82) is 5.26 Å². The summed E-state index contributed by atoms with van der Waals surface area (Å²) >= 11 is 0. The standard InChI is InChI=1S/C22H17N3O3/c23-15-19(24-21-8-4-5-9-22(21)25(26)27)14-17-10-12-20(13-11-17)28-16-18-6-2-1-3-7-18/h1-14,24H,16H2. The van der Waals surface area contributed by atoms with E-state index in [2.05, 4.69) is 5.32 Å². The smallest absolute Gasteiger partial charge is 0.292 e. The number of allylic oxidation sites excluding steroid dienone is 1. The summed E-state index contributed by atoms with van der Waals surface area (Å²) < 4.78 is 5.74. The lowest BCUT2D eigenvalue weighted by Gasteiger charge is -2.07. The van der Waals surface area contributed by atoms with Gasteiger partial charge in [-0.25, -0.2) is 0 Å². The van der Waals surface area contributed by atoms with Gasteiger partial charge in [0.15, 0.2) is 0 Å². The van der Waals surface area contributed by atoms with E-state index in [0.717, 1.165) is 11.1 Å². The van der Waals surface area contributed by atoms with E-state index in [-0.39, 0.29) is 17.1 Å². The Balaban J connectivity index is 1.69. The van der Waals surface area contributed by atoms with Crippen molar-refractivity contribution in [3.8, 4) is 11.8 Å². The Morgan fingerprint density at radius 1 is 1.04 bits per heavy atom. The van der Waals surface area contributed by atoms with Crippen molar-refractivity contribution in [1.82, 2.24) is 0 Å². The van der Waals surface area contributed by atoms with E-state index in [1.165, 1.54) is 6.07 Å². The number of nitro groups is 1. The first kappa shape index (κ1) is 18.7. The molecule has 0 aliphatic heterocycles. The Kier molecular flexibility index (Phi) is 6.01. The lowest BCUT2D eigenvalue weighted by Crippen LogP contribution is -2.01. The number of hydrogen-bond donors (Lipinski definition) is 1. The van der Waals surface area contributed by atoms with Gasteiger partial charge in [-0.2, -0.15) is 5.26 Å². The van der Waals surface area contributed by atoms with Crippen molar-refractivity contribution in [2.75, 3.05) is 5.32 Å². The van der Waals surface area contributed by atoms with Crippen molar-refractivity contribution in [3.63, 3.8) is 0 Å². The molecule has 0 fully saturated rings. The molecule has 0 aliphatic rings. The molecule has 0 bridgehead atoms. The molecule has 0 amide bonds. The van der Waals surface area contributed by atoms with Crippen LogP contribution >= 0.6 is 0 Å². The fourth-order valence-corrected chi connectivity index (χ4v) is 2.55. The van der Waals surface area contributed by atoms with Crippen LogP contribution in [0.1, 0.15) is 11.1 Å². The third kappa shape index (κ3) is 4.96. The molecule has 3 rings (SSSR count). The van der Waals surface area contributed by atoms with Crippen LogP contribution in [0.15, 0.2) is 84.6 Å². The zero-order chi connectivity index (χ0) is 19.8. The van der Waals surface area contributed by atoms with Gasteiger partial charge in [0.25, 0.3) is 5.69 Å². The quantitative estimate of drug-likeness (QED) is 0.352. The van der Waals surface area contributed by atoms with Gasteiger partial charge in [-0.1, -0.05) is 54.6 Å². The maximum atomic E-state index is 11.1. The van der Waals surface area contributed by atoms with Gasteiger partial charge in [0.1, 0.15) is 29.8 Å². The first-order chi connectivity index (χ1) is 13.7. The Morgan fingerprint density at radius 3 is 2.39 bits per heavy atom. The van der Waals surface area contributed by atoms with Crippen molar-refractivity contribution in [2.24, 2.45) is 0 Å². The molecule has 138 valence electrons. The van der Waals surface area contributed by atoms with Crippen LogP contribution in [0.2, 0.25) is 0 Å². The lowest BCUT2D eigenvalue weighted by molar-refractivity contribution is -0.383. The molecule has 0 unspecified atom stereocenters. The number of nitriles is 1. The number of para-hydroxylation sites is 2. The maximum absolute atomic E-state index is 11.1. The van der Waals surface area contributed by atoms with Gasteiger partial charge in [0.05, 0.1) is 4.92 Å². The minimum absolute atomic E-state index is 0.0895. The molecule has 28 heavy (non-hydrogen) atoms. The third-order valence-corrected chi connectivity index (χ3v) is 3.93. The average Bonchev–Trinajstić information content (AvgIpc) is 2.73. The minimum atomic E-state index is -0.490. The molecule has 0 spiro atoms. The van der Waals surface area contributed by atoms with E-state index in [9.17, 15) is 15.4 Å². The lowest BCUT2D eigenvalue weighted by atomic mass is 10.2. The van der Waals surface area contributed by atoms with Crippen molar-refractivity contribution in [2.45, 2.75) is 6.61 Å². The first-order valence-corrected chi connectivity index (χ1v) is 8.55. The summed E-state index contributed by atoms with van der Waals surface area (Å²) in [5.41, 5.74) is 2.23. The van der Waals surface area contributed by atoms with Gasteiger partial charge < -0.3 is 10.1 Å². The summed E-state index contributed by atoms with van der Waals surface area (Å²) in [4.78, 5) is 10.6. The molecule has 0 aromatic heterocycles. The number of rotatable bonds is 7. The molecule has 0 aliphatic carbocycles. The van der Waals surface area contributed by atoms with E-state index >= 15 is 0 Å². The Labute approximate surface area is 162 Å². The topological polar surface area (TPSA) is 88.2 Å². The summed E-state index contributed by atoms with van der Waals surface area (Å²) in [6.45, 7) is 0.471. The predicted octanol–water partition coefficient (Wildman–Crippen LogP) is 5.15. The molecule has 3 aromatic carbocycles. The van der Waals surface area contributed by atoms with E-state index in [4.69, 9.17) is 4.74 Å². The SMILES string of the molecule is N#CC(=Cc1ccc(OCc2ccccc2)cc1)Nc1ccccc1[N+](=O)[O-]. The normalized spacial score (nSPS) is 10.8. The van der Waals surface area contributed by atoms with Crippen LogP contribution in [0.3, 0.4) is 0 Å². The van der Waals surface area contributed by atoms with Crippen LogP contribution in [0.25, 0.3) is 6.08 Å². The second kappa shape index (κ2) is 9.01. The Bertz CT molecular complexity index is 1020. The molecule has 1 N–H and O–H groups in total.